The molecule has 0 amide bonds. The van der Waals surface area contributed by atoms with Crippen molar-refractivity contribution in [3.05, 3.63) is 78.0 Å². The molecule has 27 heavy (non-hydrogen) atoms. The summed E-state index contributed by atoms with van der Waals surface area (Å²) in [5.74, 6) is 0.792. The van der Waals surface area contributed by atoms with E-state index in [9.17, 15) is 0 Å². The van der Waals surface area contributed by atoms with Crippen LogP contribution in [0.25, 0.3) is 26.3 Å². The number of para-hydroxylation sites is 1. The maximum atomic E-state index is 4.76. The first-order valence-electron chi connectivity index (χ1n) is 8.85. The molecule has 5 aromatic rings. The molecule has 0 radical (unpaired) electrons. The molecule has 1 N–H and O–H groups in total. The molecule has 3 heterocycles. The largest absolute Gasteiger partial charge is 0.339 e. The standard InChI is InChI=1S/C22H18N4S/c1-14-10-16-12-20(27-19(16)11-15(14)2)18-13-23-22-9-8-21(25-26(18)22)24-17-6-4-3-5-7-17/h3-13H,1-2H3,(H,24,25). The molecule has 2 aromatic carbocycles. The van der Waals surface area contributed by atoms with E-state index >= 15 is 0 Å². The van der Waals surface area contributed by atoms with E-state index in [1.165, 1.54) is 26.1 Å². The minimum atomic E-state index is 0.792. The van der Waals surface area contributed by atoms with Crippen LogP contribution < -0.4 is 5.32 Å². The Kier molecular flexibility index (Phi) is 3.69. The fourth-order valence-electron chi connectivity index (χ4n) is 3.21. The van der Waals surface area contributed by atoms with Crippen molar-refractivity contribution in [3.63, 3.8) is 0 Å². The van der Waals surface area contributed by atoms with E-state index in [-0.39, 0.29) is 0 Å². The first-order chi connectivity index (χ1) is 13.2. The molecule has 0 saturated heterocycles. The highest BCUT2D eigenvalue weighted by atomic mass is 32.1. The second kappa shape index (κ2) is 6.21. The summed E-state index contributed by atoms with van der Waals surface area (Å²) in [5, 5.41) is 9.38. The van der Waals surface area contributed by atoms with E-state index in [2.05, 4.69) is 42.3 Å². The first kappa shape index (κ1) is 16.0. The van der Waals surface area contributed by atoms with Gasteiger partial charge in [-0.1, -0.05) is 24.3 Å². The number of fused-ring (bicyclic) bond motifs is 2. The number of nitrogens with zero attached hydrogens (tertiary/aromatic N) is 3. The number of aromatic nitrogens is 3. The molecule has 0 fully saturated rings. The highest BCUT2D eigenvalue weighted by Crippen LogP contribution is 2.35. The minimum absolute atomic E-state index is 0.792. The zero-order chi connectivity index (χ0) is 18.4. The van der Waals surface area contributed by atoms with Crippen molar-refractivity contribution in [3.8, 4) is 10.6 Å². The molecule has 0 aliphatic rings. The van der Waals surface area contributed by atoms with Gasteiger partial charge in [0.15, 0.2) is 11.5 Å². The summed E-state index contributed by atoms with van der Waals surface area (Å²) in [6.45, 7) is 4.31. The Morgan fingerprint density at radius 3 is 2.59 bits per heavy atom. The first-order valence-corrected chi connectivity index (χ1v) is 9.67. The van der Waals surface area contributed by atoms with Crippen molar-refractivity contribution in [2.45, 2.75) is 13.8 Å². The van der Waals surface area contributed by atoms with Crippen LogP contribution in [0.1, 0.15) is 11.1 Å². The summed E-state index contributed by atoms with van der Waals surface area (Å²) < 4.78 is 3.21. The molecule has 132 valence electrons. The molecule has 0 unspecified atom stereocenters. The summed E-state index contributed by atoms with van der Waals surface area (Å²) in [5.41, 5.74) is 5.50. The van der Waals surface area contributed by atoms with Crippen LogP contribution in [0, 0.1) is 13.8 Å². The number of nitrogens with one attached hydrogen (secondary N) is 1. The zero-order valence-electron chi connectivity index (χ0n) is 15.1. The Balaban J connectivity index is 1.60. The lowest BCUT2D eigenvalue weighted by molar-refractivity contribution is 0.951. The van der Waals surface area contributed by atoms with Crippen molar-refractivity contribution < 1.29 is 0 Å². The summed E-state index contributed by atoms with van der Waals surface area (Å²) in [7, 11) is 0. The van der Waals surface area contributed by atoms with Crippen molar-refractivity contribution >= 4 is 38.6 Å². The average Bonchev–Trinajstić information content (AvgIpc) is 3.26. The monoisotopic (exact) mass is 370 g/mol. The molecule has 3 aromatic heterocycles. The molecule has 0 saturated carbocycles. The Bertz CT molecular complexity index is 1230. The lowest BCUT2D eigenvalue weighted by Crippen LogP contribution is -1.99. The van der Waals surface area contributed by atoms with Gasteiger partial charge in [0.2, 0.25) is 0 Å². The van der Waals surface area contributed by atoms with Crippen LogP contribution in [0.2, 0.25) is 0 Å². The van der Waals surface area contributed by atoms with E-state index in [4.69, 9.17) is 5.10 Å². The van der Waals surface area contributed by atoms with Gasteiger partial charge in [-0.3, -0.25) is 0 Å². The number of anilines is 2. The predicted octanol–water partition coefficient (Wildman–Crippen LogP) is 5.97. The minimum Gasteiger partial charge on any atom is -0.339 e. The number of hydrogen-bond acceptors (Lipinski definition) is 4. The van der Waals surface area contributed by atoms with Crippen LogP contribution in [-0.2, 0) is 0 Å². The van der Waals surface area contributed by atoms with Gasteiger partial charge in [0, 0.05) is 10.4 Å². The molecule has 0 aliphatic carbocycles. The third-order valence-electron chi connectivity index (χ3n) is 4.79. The van der Waals surface area contributed by atoms with Crippen LogP contribution in [0.3, 0.4) is 0 Å². The Morgan fingerprint density at radius 2 is 1.74 bits per heavy atom. The van der Waals surface area contributed by atoms with Gasteiger partial charge >= 0.3 is 0 Å². The normalized spacial score (nSPS) is 11.3. The summed E-state index contributed by atoms with van der Waals surface area (Å²) in [6.07, 6.45) is 1.90. The molecular weight excluding hydrogens is 352 g/mol. The smallest absolute Gasteiger partial charge is 0.154 e. The fraction of sp³-hybridized carbons (Fsp3) is 0.0909. The van der Waals surface area contributed by atoms with Gasteiger partial charge in [-0.25, -0.2) is 9.50 Å². The second-order valence-corrected chi connectivity index (χ2v) is 7.79. The van der Waals surface area contributed by atoms with E-state index in [0.717, 1.165) is 22.8 Å². The SMILES string of the molecule is Cc1cc2cc(-c3cnc4ccc(Nc5ccccc5)nn34)sc2cc1C. The topological polar surface area (TPSA) is 42.2 Å². The van der Waals surface area contributed by atoms with E-state index < -0.39 is 0 Å². The number of benzene rings is 2. The number of rotatable bonds is 3. The highest BCUT2D eigenvalue weighted by molar-refractivity contribution is 7.22. The quantitative estimate of drug-likeness (QED) is 0.425. The molecule has 0 atom stereocenters. The van der Waals surface area contributed by atoms with Crippen LogP contribution >= 0.6 is 11.3 Å². The predicted molar refractivity (Wildman–Crippen MR) is 113 cm³/mol. The summed E-state index contributed by atoms with van der Waals surface area (Å²) in [6, 6.07) is 20.8. The van der Waals surface area contributed by atoms with Gasteiger partial charge in [0.25, 0.3) is 0 Å². The number of aryl methyl sites for hydroxylation is 2. The molecular formula is C22H18N4S. The van der Waals surface area contributed by atoms with E-state index in [1.54, 1.807) is 11.3 Å². The molecule has 5 rings (SSSR count). The molecule has 0 bridgehead atoms. The maximum absolute atomic E-state index is 4.76. The maximum Gasteiger partial charge on any atom is 0.154 e. The van der Waals surface area contributed by atoms with Crippen molar-refractivity contribution in [1.82, 2.24) is 14.6 Å². The van der Waals surface area contributed by atoms with Gasteiger partial charge in [0.1, 0.15) is 5.69 Å². The van der Waals surface area contributed by atoms with E-state index in [0.29, 0.717) is 0 Å². The van der Waals surface area contributed by atoms with Gasteiger partial charge in [0.05, 0.1) is 11.1 Å². The third kappa shape index (κ3) is 2.86. The molecule has 0 aliphatic heterocycles. The van der Waals surface area contributed by atoms with Crippen LogP contribution in [0.4, 0.5) is 11.5 Å². The van der Waals surface area contributed by atoms with Gasteiger partial charge < -0.3 is 5.32 Å². The Labute approximate surface area is 161 Å². The fourth-order valence-corrected chi connectivity index (χ4v) is 4.34. The molecule has 4 nitrogen and oxygen atoms in total. The highest BCUT2D eigenvalue weighted by Gasteiger charge is 2.12. The number of hydrogen-bond donors (Lipinski definition) is 1. The number of thiophene rings is 1. The summed E-state index contributed by atoms with van der Waals surface area (Å²) in [4.78, 5) is 5.70. The zero-order valence-corrected chi connectivity index (χ0v) is 15.9. The van der Waals surface area contributed by atoms with Gasteiger partial charge in [-0.2, -0.15) is 0 Å². The Morgan fingerprint density at radius 1 is 0.926 bits per heavy atom. The molecule has 0 spiro atoms. The average molecular weight is 370 g/mol. The van der Waals surface area contributed by atoms with Crippen molar-refractivity contribution in [1.29, 1.82) is 0 Å². The van der Waals surface area contributed by atoms with Crippen molar-refractivity contribution in [2.75, 3.05) is 5.32 Å². The van der Waals surface area contributed by atoms with Crippen LogP contribution in [0.5, 0.6) is 0 Å². The molecule has 5 heteroatoms. The van der Waals surface area contributed by atoms with Crippen LogP contribution in [0.15, 0.2) is 66.9 Å². The second-order valence-electron chi connectivity index (χ2n) is 6.71. The van der Waals surface area contributed by atoms with Gasteiger partial charge in [-0.15, -0.1) is 16.4 Å². The summed E-state index contributed by atoms with van der Waals surface area (Å²) >= 11 is 1.78. The van der Waals surface area contributed by atoms with Crippen molar-refractivity contribution in [2.24, 2.45) is 0 Å². The lowest BCUT2D eigenvalue weighted by Gasteiger charge is -2.06. The van der Waals surface area contributed by atoms with E-state index in [1.807, 2.05) is 53.2 Å². The third-order valence-corrected chi connectivity index (χ3v) is 5.91. The Hall–Kier alpha value is -3.18. The number of imidazole rings is 1. The van der Waals surface area contributed by atoms with Crippen LogP contribution in [-0.4, -0.2) is 14.6 Å². The van der Waals surface area contributed by atoms with Gasteiger partial charge in [-0.05, 0) is 66.8 Å². The lowest BCUT2D eigenvalue weighted by atomic mass is 10.1.